The van der Waals surface area contributed by atoms with Crippen LogP contribution in [0, 0.1) is 0 Å². The molecule has 5 rings (SSSR count). The van der Waals surface area contributed by atoms with Gasteiger partial charge in [-0.3, -0.25) is 0 Å². The summed E-state index contributed by atoms with van der Waals surface area (Å²) in [6.07, 6.45) is 5.72. The van der Waals surface area contributed by atoms with Crippen LogP contribution in [0.4, 0.5) is 5.13 Å². The zero-order valence-electron chi connectivity index (χ0n) is 16.4. The number of alkyl halides is 1. The number of thiazole rings is 1. The summed E-state index contributed by atoms with van der Waals surface area (Å²) >= 11 is 4.95. The zero-order valence-corrected chi connectivity index (χ0v) is 18.8. The molecule has 2 aromatic carbocycles. The molecule has 156 valence electrons. The number of rotatable bonds is 6. The van der Waals surface area contributed by atoms with Crippen molar-refractivity contribution in [3.63, 3.8) is 0 Å². The molecule has 0 saturated heterocycles. The third-order valence-electron chi connectivity index (χ3n) is 5.66. The molecule has 2 unspecified atom stereocenters. The first-order valence-corrected chi connectivity index (χ1v) is 12.1. The van der Waals surface area contributed by atoms with E-state index in [-0.39, 0.29) is 12.1 Å². The topological polar surface area (TPSA) is 72.2 Å². The largest absolute Gasteiger partial charge is 0.482 e. The van der Waals surface area contributed by atoms with Gasteiger partial charge < -0.3 is 19.7 Å². The Morgan fingerprint density at radius 3 is 2.90 bits per heavy atom. The lowest BCUT2D eigenvalue weighted by atomic mass is 9.93. The van der Waals surface area contributed by atoms with Crippen LogP contribution < -0.4 is 10.1 Å². The number of aliphatic hydroxyl groups excluding tert-OH is 1. The van der Waals surface area contributed by atoms with Gasteiger partial charge in [0.2, 0.25) is 0 Å². The van der Waals surface area contributed by atoms with E-state index in [0.29, 0.717) is 5.52 Å². The number of benzene rings is 2. The van der Waals surface area contributed by atoms with Crippen molar-refractivity contribution in [2.75, 3.05) is 10.8 Å². The Kier molecular flexibility index (Phi) is 5.62. The molecule has 0 bridgehead atoms. The van der Waals surface area contributed by atoms with Gasteiger partial charge in [0.15, 0.2) is 5.13 Å². The Balaban J connectivity index is 1.37. The smallest absolute Gasteiger partial charge is 0.184 e. The maximum atomic E-state index is 10.2. The Morgan fingerprint density at radius 1 is 1.17 bits per heavy atom. The lowest BCUT2D eigenvalue weighted by Gasteiger charge is -2.27. The molecule has 1 aliphatic carbocycles. The van der Waals surface area contributed by atoms with E-state index >= 15 is 0 Å². The normalized spacial score (nSPS) is 19.4. The minimum Gasteiger partial charge on any atom is -0.482 e. The SMILES string of the molecule is OC1CCCCC1Nc1nc2ccc(Cn3cnc4ccc(OCBr)cc43)cc2s1. The molecule has 2 aromatic heterocycles. The van der Waals surface area contributed by atoms with E-state index in [0.717, 1.165) is 64.4 Å². The van der Waals surface area contributed by atoms with Gasteiger partial charge in [-0.2, -0.15) is 0 Å². The van der Waals surface area contributed by atoms with Crippen LogP contribution in [0.25, 0.3) is 21.3 Å². The third kappa shape index (κ3) is 4.04. The number of nitrogens with zero attached hydrogens (tertiary/aromatic N) is 3. The minimum atomic E-state index is -0.283. The van der Waals surface area contributed by atoms with E-state index in [4.69, 9.17) is 9.72 Å². The quantitative estimate of drug-likeness (QED) is 0.369. The van der Waals surface area contributed by atoms with Crippen molar-refractivity contribution in [1.82, 2.24) is 14.5 Å². The molecule has 0 spiro atoms. The van der Waals surface area contributed by atoms with E-state index in [1.165, 1.54) is 5.56 Å². The highest BCUT2D eigenvalue weighted by Crippen LogP contribution is 2.30. The van der Waals surface area contributed by atoms with E-state index in [1.807, 2.05) is 24.5 Å². The van der Waals surface area contributed by atoms with Gasteiger partial charge in [-0.1, -0.05) is 30.2 Å². The number of anilines is 1. The predicted molar refractivity (Wildman–Crippen MR) is 125 cm³/mol. The summed E-state index contributed by atoms with van der Waals surface area (Å²) in [4.78, 5) is 9.22. The molecule has 1 aliphatic rings. The maximum Gasteiger partial charge on any atom is 0.184 e. The van der Waals surface area contributed by atoms with E-state index in [9.17, 15) is 5.11 Å². The molecule has 8 heteroatoms. The van der Waals surface area contributed by atoms with Crippen molar-refractivity contribution in [2.24, 2.45) is 0 Å². The van der Waals surface area contributed by atoms with Crippen molar-refractivity contribution < 1.29 is 9.84 Å². The van der Waals surface area contributed by atoms with Gasteiger partial charge in [-0.25, -0.2) is 9.97 Å². The molecular formula is C22H23BrN4O2S. The second-order valence-corrected chi connectivity index (χ2v) is 9.19. The first kappa shape index (κ1) is 19.8. The summed E-state index contributed by atoms with van der Waals surface area (Å²) in [6, 6.07) is 12.4. The van der Waals surface area contributed by atoms with Crippen molar-refractivity contribution in [2.45, 2.75) is 44.4 Å². The number of fused-ring (bicyclic) bond motifs is 2. The summed E-state index contributed by atoms with van der Waals surface area (Å²) in [6.45, 7) is 0.728. The Bertz CT molecular complexity index is 1170. The van der Waals surface area contributed by atoms with Crippen LogP contribution >= 0.6 is 27.3 Å². The Labute approximate surface area is 187 Å². The maximum absolute atomic E-state index is 10.2. The molecule has 2 heterocycles. The number of nitrogens with one attached hydrogen (secondary N) is 1. The second kappa shape index (κ2) is 8.53. The van der Waals surface area contributed by atoms with E-state index in [1.54, 1.807) is 11.3 Å². The average molecular weight is 487 g/mol. The number of aromatic nitrogens is 3. The van der Waals surface area contributed by atoms with Gasteiger partial charge in [0, 0.05) is 12.6 Å². The van der Waals surface area contributed by atoms with Crippen molar-refractivity contribution in [3.05, 3.63) is 48.3 Å². The number of halogens is 1. The Morgan fingerprint density at radius 2 is 2.03 bits per heavy atom. The number of hydrogen-bond acceptors (Lipinski definition) is 6. The third-order valence-corrected chi connectivity index (χ3v) is 6.84. The first-order valence-electron chi connectivity index (χ1n) is 10.2. The molecule has 0 radical (unpaired) electrons. The molecule has 4 aromatic rings. The van der Waals surface area contributed by atoms with Gasteiger partial charge in [-0.05, 0) is 58.6 Å². The fourth-order valence-corrected chi connectivity index (χ4v) is 5.33. The summed E-state index contributed by atoms with van der Waals surface area (Å²) in [5, 5.41) is 14.6. The van der Waals surface area contributed by atoms with Crippen LogP contribution in [0.2, 0.25) is 0 Å². The number of ether oxygens (including phenoxy) is 1. The highest BCUT2D eigenvalue weighted by atomic mass is 79.9. The van der Waals surface area contributed by atoms with Gasteiger partial charge in [0.05, 0.1) is 39.7 Å². The highest BCUT2D eigenvalue weighted by molar-refractivity contribution is 9.09. The molecule has 2 atom stereocenters. The van der Waals surface area contributed by atoms with Crippen molar-refractivity contribution in [1.29, 1.82) is 0 Å². The lowest BCUT2D eigenvalue weighted by molar-refractivity contribution is 0.116. The molecule has 0 aliphatic heterocycles. The molecule has 1 saturated carbocycles. The fraction of sp³-hybridized carbons (Fsp3) is 0.364. The number of aliphatic hydroxyl groups is 1. The monoisotopic (exact) mass is 486 g/mol. The summed E-state index contributed by atoms with van der Waals surface area (Å²) in [7, 11) is 0. The number of hydrogen-bond donors (Lipinski definition) is 2. The summed E-state index contributed by atoms with van der Waals surface area (Å²) < 4.78 is 8.84. The standard InChI is InChI=1S/C22H23BrN4O2S/c23-12-29-15-6-8-16-19(10-15)27(13-24-16)11-14-5-7-18-21(9-14)30-22(26-18)25-17-3-1-2-4-20(17)28/h5-10,13,17,20,28H,1-4,11-12H2,(H,25,26). The van der Waals surface area contributed by atoms with Gasteiger partial charge in [0.1, 0.15) is 11.3 Å². The van der Waals surface area contributed by atoms with Crippen LogP contribution in [-0.2, 0) is 6.54 Å². The molecule has 6 nitrogen and oxygen atoms in total. The first-order chi connectivity index (χ1) is 14.7. The van der Waals surface area contributed by atoms with Gasteiger partial charge in [-0.15, -0.1) is 0 Å². The highest BCUT2D eigenvalue weighted by Gasteiger charge is 2.23. The summed E-state index contributed by atoms with van der Waals surface area (Å²) in [5.74, 6) is 0.819. The molecule has 0 amide bonds. The minimum absolute atomic E-state index is 0.104. The fourth-order valence-electron chi connectivity index (χ4n) is 4.08. The second-order valence-electron chi connectivity index (χ2n) is 7.70. The molecular weight excluding hydrogens is 464 g/mol. The average Bonchev–Trinajstić information content (AvgIpc) is 3.33. The number of imidazole rings is 1. The van der Waals surface area contributed by atoms with Crippen molar-refractivity contribution >= 4 is 53.6 Å². The predicted octanol–water partition coefficient (Wildman–Crippen LogP) is 5.14. The summed E-state index contributed by atoms with van der Waals surface area (Å²) in [5.41, 5.74) is 4.64. The molecule has 30 heavy (non-hydrogen) atoms. The molecule has 1 fully saturated rings. The lowest BCUT2D eigenvalue weighted by Crippen LogP contribution is -2.36. The zero-order chi connectivity index (χ0) is 20.5. The van der Waals surface area contributed by atoms with Crippen LogP contribution in [0.1, 0.15) is 31.2 Å². The van der Waals surface area contributed by atoms with Crippen LogP contribution in [0.5, 0.6) is 5.75 Å². The Hall–Kier alpha value is -2.16. The van der Waals surface area contributed by atoms with Crippen LogP contribution in [-0.4, -0.2) is 37.3 Å². The van der Waals surface area contributed by atoms with Gasteiger partial charge >= 0.3 is 0 Å². The van der Waals surface area contributed by atoms with E-state index in [2.05, 4.69) is 49.0 Å². The van der Waals surface area contributed by atoms with Crippen LogP contribution in [0.15, 0.2) is 42.7 Å². The molecule has 2 N–H and O–H groups in total. The van der Waals surface area contributed by atoms with E-state index < -0.39 is 0 Å². The van der Waals surface area contributed by atoms with Gasteiger partial charge in [0.25, 0.3) is 0 Å². The van der Waals surface area contributed by atoms with Crippen LogP contribution in [0.3, 0.4) is 0 Å². The van der Waals surface area contributed by atoms with Crippen molar-refractivity contribution in [3.8, 4) is 5.75 Å².